The number of benzene rings is 1. The maximum absolute atomic E-state index is 12.3. The van der Waals surface area contributed by atoms with Crippen molar-refractivity contribution in [1.82, 2.24) is 20.2 Å². The van der Waals surface area contributed by atoms with Crippen LogP contribution in [0.1, 0.15) is 29.0 Å². The van der Waals surface area contributed by atoms with Gasteiger partial charge in [0.1, 0.15) is 17.8 Å². The van der Waals surface area contributed by atoms with Gasteiger partial charge in [-0.1, -0.05) is 30.3 Å². The standard InChI is InChI=1S/C19H25N5O2/c1-15(16-5-3-2-4-6-16)23-18-13-17(21-14-22-18)19(25)20-7-8-24-9-11-26-12-10-24/h2-6,13-15H,7-12H2,1H3,(H,20,25)(H,21,22,23). The Kier molecular flexibility index (Phi) is 6.51. The van der Waals surface area contributed by atoms with Crippen LogP contribution in [0.5, 0.6) is 0 Å². The first-order valence-electron chi connectivity index (χ1n) is 8.94. The lowest BCUT2D eigenvalue weighted by Gasteiger charge is -2.26. The van der Waals surface area contributed by atoms with E-state index in [2.05, 4.69) is 44.6 Å². The van der Waals surface area contributed by atoms with E-state index in [0.717, 1.165) is 38.4 Å². The quantitative estimate of drug-likeness (QED) is 0.787. The minimum absolute atomic E-state index is 0.0864. The number of amides is 1. The summed E-state index contributed by atoms with van der Waals surface area (Å²) in [6.45, 7) is 6.80. The molecule has 1 unspecified atom stereocenters. The number of carbonyl (C=O) groups excluding carboxylic acids is 1. The van der Waals surface area contributed by atoms with E-state index in [0.29, 0.717) is 18.1 Å². The highest BCUT2D eigenvalue weighted by Gasteiger charge is 2.13. The lowest BCUT2D eigenvalue weighted by atomic mass is 10.1. The summed E-state index contributed by atoms with van der Waals surface area (Å²) in [7, 11) is 0. The van der Waals surface area contributed by atoms with Crippen molar-refractivity contribution in [2.45, 2.75) is 13.0 Å². The zero-order chi connectivity index (χ0) is 18.2. The summed E-state index contributed by atoms with van der Waals surface area (Å²) in [5.74, 6) is 0.450. The molecule has 0 spiro atoms. The van der Waals surface area contributed by atoms with Crippen molar-refractivity contribution in [1.29, 1.82) is 0 Å². The Morgan fingerprint density at radius 1 is 1.23 bits per heavy atom. The molecule has 7 nitrogen and oxygen atoms in total. The van der Waals surface area contributed by atoms with Gasteiger partial charge in [-0.2, -0.15) is 0 Å². The summed E-state index contributed by atoms with van der Waals surface area (Å²) in [6.07, 6.45) is 1.41. The molecule has 2 aromatic rings. The van der Waals surface area contributed by atoms with Gasteiger partial charge in [0.25, 0.3) is 5.91 Å². The van der Waals surface area contributed by atoms with Crippen LogP contribution in [0.2, 0.25) is 0 Å². The first kappa shape index (κ1) is 18.3. The van der Waals surface area contributed by atoms with Crippen LogP contribution in [-0.2, 0) is 4.74 Å². The Labute approximate surface area is 153 Å². The highest BCUT2D eigenvalue weighted by atomic mass is 16.5. The lowest BCUT2D eigenvalue weighted by molar-refractivity contribution is 0.0383. The molecule has 1 saturated heterocycles. The van der Waals surface area contributed by atoms with Crippen molar-refractivity contribution in [3.63, 3.8) is 0 Å². The van der Waals surface area contributed by atoms with Gasteiger partial charge >= 0.3 is 0 Å². The number of carbonyl (C=O) groups is 1. The van der Waals surface area contributed by atoms with Gasteiger partial charge in [-0.05, 0) is 12.5 Å². The van der Waals surface area contributed by atoms with Crippen LogP contribution in [0.15, 0.2) is 42.7 Å². The molecule has 138 valence electrons. The molecule has 1 fully saturated rings. The average Bonchev–Trinajstić information content (AvgIpc) is 2.69. The van der Waals surface area contributed by atoms with Gasteiger partial charge in [0.2, 0.25) is 0 Å². The van der Waals surface area contributed by atoms with Gasteiger partial charge in [-0.3, -0.25) is 9.69 Å². The molecule has 2 heterocycles. The molecule has 1 aliphatic heterocycles. The van der Waals surface area contributed by atoms with E-state index in [9.17, 15) is 4.79 Å². The van der Waals surface area contributed by atoms with E-state index in [1.165, 1.54) is 6.33 Å². The van der Waals surface area contributed by atoms with Crippen LogP contribution < -0.4 is 10.6 Å². The molecule has 0 saturated carbocycles. The molecule has 0 aliphatic carbocycles. The predicted molar refractivity (Wildman–Crippen MR) is 100 cm³/mol. The Morgan fingerprint density at radius 2 is 2.00 bits per heavy atom. The van der Waals surface area contributed by atoms with Crippen molar-refractivity contribution in [3.8, 4) is 0 Å². The minimum Gasteiger partial charge on any atom is -0.379 e. The Hall–Kier alpha value is -2.51. The van der Waals surface area contributed by atoms with Gasteiger partial charge in [0, 0.05) is 38.3 Å². The van der Waals surface area contributed by atoms with Crippen LogP contribution >= 0.6 is 0 Å². The number of hydrogen-bond acceptors (Lipinski definition) is 6. The summed E-state index contributed by atoms with van der Waals surface area (Å²) in [5.41, 5.74) is 1.52. The number of rotatable bonds is 7. The summed E-state index contributed by atoms with van der Waals surface area (Å²) in [6, 6.07) is 11.9. The molecule has 0 radical (unpaired) electrons. The van der Waals surface area contributed by atoms with Crippen LogP contribution in [-0.4, -0.2) is 60.2 Å². The minimum atomic E-state index is -0.184. The average molecular weight is 355 g/mol. The van der Waals surface area contributed by atoms with Crippen molar-refractivity contribution in [2.75, 3.05) is 44.7 Å². The third-order valence-corrected chi connectivity index (χ3v) is 4.38. The lowest BCUT2D eigenvalue weighted by Crippen LogP contribution is -2.41. The van der Waals surface area contributed by atoms with Crippen LogP contribution in [0, 0.1) is 0 Å². The van der Waals surface area contributed by atoms with Crippen molar-refractivity contribution in [3.05, 3.63) is 54.0 Å². The fourth-order valence-corrected chi connectivity index (χ4v) is 2.85. The van der Waals surface area contributed by atoms with Gasteiger partial charge in [0.05, 0.1) is 13.2 Å². The maximum Gasteiger partial charge on any atom is 0.270 e. The van der Waals surface area contributed by atoms with Gasteiger partial charge in [0.15, 0.2) is 0 Å². The van der Waals surface area contributed by atoms with E-state index in [-0.39, 0.29) is 11.9 Å². The third-order valence-electron chi connectivity index (χ3n) is 4.38. The second-order valence-corrected chi connectivity index (χ2v) is 6.28. The van der Waals surface area contributed by atoms with Crippen molar-refractivity contribution in [2.24, 2.45) is 0 Å². The predicted octanol–water partition coefficient (Wildman–Crippen LogP) is 1.71. The molecule has 3 rings (SSSR count). The number of ether oxygens (including phenoxy) is 1. The number of aromatic nitrogens is 2. The van der Waals surface area contributed by atoms with Gasteiger partial charge in [-0.25, -0.2) is 9.97 Å². The number of morpholine rings is 1. The molecule has 1 aromatic carbocycles. The van der Waals surface area contributed by atoms with E-state index in [1.54, 1.807) is 6.07 Å². The molecular weight excluding hydrogens is 330 g/mol. The summed E-state index contributed by atoms with van der Waals surface area (Å²) < 4.78 is 5.32. The zero-order valence-electron chi connectivity index (χ0n) is 15.0. The molecule has 1 atom stereocenters. The Balaban J connectivity index is 1.52. The highest BCUT2D eigenvalue weighted by molar-refractivity contribution is 5.92. The topological polar surface area (TPSA) is 79.4 Å². The Bertz CT molecular complexity index is 704. The fourth-order valence-electron chi connectivity index (χ4n) is 2.85. The molecule has 1 amide bonds. The summed E-state index contributed by atoms with van der Waals surface area (Å²) >= 11 is 0. The summed E-state index contributed by atoms with van der Waals surface area (Å²) in [5, 5.41) is 6.23. The molecule has 1 aromatic heterocycles. The Morgan fingerprint density at radius 3 is 2.77 bits per heavy atom. The molecule has 7 heteroatoms. The zero-order valence-corrected chi connectivity index (χ0v) is 15.0. The number of hydrogen-bond donors (Lipinski definition) is 2. The monoisotopic (exact) mass is 355 g/mol. The molecule has 26 heavy (non-hydrogen) atoms. The van der Waals surface area contributed by atoms with Crippen LogP contribution in [0.3, 0.4) is 0 Å². The van der Waals surface area contributed by atoms with E-state index in [1.807, 2.05) is 18.2 Å². The van der Waals surface area contributed by atoms with Crippen molar-refractivity contribution >= 4 is 11.7 Å². The van der Waals surface area contributed by atoms with E-state index in [4.69, 9.17) is 4.74 Å². The van der Waals surface area contributed by atoms with Gasteiger partial charge in [-0.15, -0.1) is 0 Å². The maximum atomic E-state index is 12.3. The van der Waals surface area contributed by atoms with Crippen molar-refractivity contribution < 1.29 is 9.53 Å². The van der Waals surface area contributed by atoms with Crippen LogP contribution in [0.25, 0.3) is 0 Å². The molecule has 0 bridgehead atoms. The van der Waals surface area contributed by atoms with Gasteiger partial charge < -0.3 is 15.4 Å². The second-order valence-electron chi connectivity index (χ2n) is 6.28. The normalized spacial score (nSPS) is 16.0. The number of nitrogens with one attached hydrogen (secondary N) is 2. The number of anilines is 1. The highest BCUT2D eigenvalue weighted by Crippen LogP contribution is 2.17. The molecule has 1 aliphatic rings. The summed E-state index contributed by atoms with van der Waals surface area (Å²) in [4.78, 5) is 22.9. The molecular formula is C19H25N5O2. The largest absolute Gasteiger partial charge is 0.379 e. The second kappa shape index (κ2) is 9.26. The fraction of sp³-hybridized carbons (Fsp3) is 0.421. The van der Waals surface area contributed by atoms with Crippen LogP contribution in [0.4, 0.5) is 5.82 Å². The first-order valence-corrected chi connectivity index (χ1v) is 8.94. The SMILES string of the molecule is CC(Nc1cc(C(=O)NCCN2CCOCC2)ncn1)c1ccccc1. The number of nitrogens with zero attached hydrogens (tertiary/aromatic N) is 3. The smallest absolute Gasteiger partial charge is 0.270 e. The third kappa shape index (κ3) is 5.24. The molecule has 2 N–H and O–H groups in total. The van der Waals surface area contributed by atoms with E-state index < -0.39 is 0 Å². The first-order chi connectivity index (χ1) is 12.7. The van der Waals surface area contributed by atoms with E-state index >= 15 is 0 Å².